The molecular weight excluding hydrogens is 268 g/mol. The minimum atomic E-state index is -0.946. The summed E-state index contributed by atoms with van der Waals surface area (Å²) in [6, 6.07) is 17.0. The van der Waals surface area contributed by atoms with Crippen LogP contribution in [0.15, 0.2) is 66.4 Å². The summed E-state index contributed by atoms with van der Waals surface area (Å²) in [6.45, 7) is 0. The van der Waals surface area contributed by atoms with Crippen LogP contribution >= 0.6 is 0 Å². The summed E-state index contributed by atoms with van der Waals surface area (Å²) in [5.41, 5.74) is 0.759. The Morgan fingerprint density at radius 1 is 0.857 bits per heavy atom. The molecule has 0 fully saturated rings. The van der Waals surface area contributed by atoms with E-state index in [0.29, 0.717) is 11.1 Å². The van der Waals surface area contributed by atoms with Crippen LogP contribution in [0.3, 0.4) is 0 Å². The lowest BCUT2D eigenvalue weighted by atomic mass is 9.95. The van der Waals surface area contributed by atoms with Crippen LogP contribution in [0.5, 0.6) is 0 Å². The van der Waals surface area contributed by atoms with Crippen molar-refractivity contribution in [1.29, 1.82) is 0 Å². The summed E-state index contributed by atoms with van der Waals surface area (Å²) in [6.07, 6.45) is 0. The van der Waals surface area contributed by atoms with Crippen molar-refractivity contribution in [2.45, 2.75) is 0 Å². The number of hydrogen-bond acceptors (Lipinski definition) is 4. The van der Waals surface area contributed by atoms with Crippen LogP contribution in [0.25, 0.3) is 5.57 Å². The van der Waals surface area contributed by atoms with Crippen molar-refractivity contribution in [2.75, 3.05) is 7.11 Å². The van der Waals surface area contributed by atoms with Gasteiger partial charge in [0.15, 0.2) is 5.78 Å². The lowest BCUT2D eigenvalue weighted by Crippen LogP contribution is -2.13. The number of Topliss-reactive ketones (excluding diaryl/α,β-unsaturated/α-hetero) is 1. The number of aliphatic hydroxyl groups excluding tert-OH is 1. The fourth-order valence-corrected chi connectivity index (χ4v) is 1.91. The van der Waals surface area contributed by atoms with Gasteiger partial charge >= 0.3 is 5.97 Å². The van der Waals surface area contributed by atoms with E-state index >= 15 is 0 Å². The molecule has 1 N–H and O–H groups in total. The van der Waals surface area contributed by atoms with Gasteiger partial charge in [0.25, 0.3) is 0 Å². The zero-order valence-corrected chi connectivity index (χ0v) is 11.4. The third-order valence-electron chi connectivity index (χ3n) is 2.94. The van der Waals surface area contributed by atoms with Gasteiger partial charge in [-0.15, -0.1) is 0 Å². The first kappa shape index (κ1) is 14.5. The van der Waals surface area contributed by atoms with E-state index in [0.717, 1.165) is 7.11 Å². The van der Waals surface area contributed by atoms with Crippen LogP contribution in [0.4, 0.5) is 0 Å². The molecule has 0 saturated carbocycles. The minimum Gasteiger partial charge on any atom is -0.501 e. The third kappa shape index (κ3) is 3.17. The minimum absolute atomic E-state index is 0.0753. The lowest BCUT2D eigenvalue weighted by Gasteiger charge is -2.09. The van der Waals surface area contributed by atoms with Crippen molar-refractivity contribution < 1.29 is 19.4 Å². The summed E-state index contributed by atoms with van der Waals surface area (Å²) in [5, 5.41) is 10.0. The normalized spacial score (nSPS) is 11.5. The van der Waals surface area contributed by atoms with Gasteiger partial charge in [-0.25, -0.2) is 4.79 Å². The number of benzene rings is 2. The van der Waals surface area contributed by atoms with E-state index in [1.165, 1.54) is 0 Å². The fraction of sp³-hybridized carbons (Fsp3) is 0.0588. The van der Waals surface area contributed by atoms with E-state index in [1.807, 2.05) is 0 Å². The van der Waals surface area contributed by atoms with Crippen LogP contribution in [0, 0.1) is 0 Å². The number of rotatable bonds is 4. The number of carbonyl (C=O) groups is 2. The molecule has 4 heteroatoms. The average Bonchev–Trinajstić information content (AvgIpc) is 2.56. The highest BCUT2D eigenvalue weighted by atomic mass is 16.5. The second-order valence-corrected chi connectivity index (χ2v) is 4.28. The molecule has 0 unspecified atom stereocenters. The van der Waals surface area contributed by atoms with Crippen LogP contribution < -0.4 is 0 Å². The van der Waals surface area contributed by atoms with Crippen molar-refractivity contribution in [2.24, 2.45) is 0 Å². The maximum absolute atomic E-state index is 12.6. The number of carbonyl (C=O) groups excluding carboxylic acids is 2. The first-order chi connectivity index (χ1) is 10.1. The average molecular weight is 282 g/mol. The first-order valence-electron chi connectivity index (χ1n) is 6.32. The zero-order chi connectivity index (χ0) is 15.2. The number of methoxy groups -OCH3 is 1. The van der Waals surface area contributed by atoms with Gasteiger partial charge in [-0.05, 0) is 5.56 Å². The van der Waals surface area contributed by atoms with Crippen LogP contribution in [0.2, 0.25) is 0 Å². The van der Waals surface area contributed by atoms with Crippen LogP contribution in [0.1, 0.15) is 15.9 Å². The molecule has 21 heavy (non-hydrogen) atoms. The Labute approximate surface area is 122 Å². The smallest absolute Gasteiger partial charge is 0.373 e. The van der Waals surface area contributed by atoms with Gasteiger partial charge in [0.1, 0.15) is 0 Å². The summed E-state index contributed by atoms with van der Waals surface area (Å²) >= 11 is 0. The Bertz CT molecular complexity index is 672. The molecule has 0 spiro atoms. The molecule has 2 rings (SSSR count). The molecule has 106 valence electrons. The lowest BCUT2D eigenvalue weighted by molar-refractivity contribution is -0.138. The largest absolute Gasteiger partial charge is 0.501 e. The van der Waals surface area contributed by atoms with E-state index in [1.54, 1.807) is 60.7 Å². The monoisotopic (exact) mass is 282 g/mol. The van der Waals surface area contributed by atoms with Gasteiger partial charge in [-0.3, -0.25) is 4.79 Å². The molecule has 0 atom stereocenters. The van der Waals surface area contributed by atoms with Gasteiger partial charge in [0, 0.05) is 5.56 Å². The number of aliphatic hydroxyl groups is 1. The summed E-state index contributed by atoms with van der Waals surface area (Å²) in [5.74, 6) is -2.08. The predicted molar refractivity (Wildman–Crippen MR) is 78.8 cm³/mol. The number of ether oxygens (including phenoxy) is 1. The summed E-state index contributed by atoms with van der Waals surface area (Å²) in [7, 11) is 1.15. The van der Waals surface area contributed by atoms with Crippen LogP contribution in [-0.2, 0) is 9.53 Å². The predicted octanol–water partition coefficient (Wildman–Crippen LogP) is 3.01. The summed E-state index contributed by atoms with van der Waals surface area (Å²) < 4.78 is 4.50. The standard InChI is InChI=1S/C17H14O4/c1-21-17(20)16(19)14(12-8-4-2-5-9-12)15(18)13-10-6-3-7-11-13/h2-11,19H,1H3. The Kier molecular flexibility index (Phi) is 4.51. The SMILES string of the molecule is COC(=O)C(O)=C(C(=O)c1ccccc1)c1ccccc1. The zero-order valence-electron chi connectivity index (χ0n) is 11.4. The molecule has 0 aliphatic rings. The van der Waals surface area contributed by atoms with Gasteiger partial charge < -0.3 is 9.84 Å². The number of ketones is 1. The van der Waals surface area contributed by atoms with E-state index in [-0.39, 0.29) is 5.57 Å². The van der Waals surface area contributed by atoms with Crippen molar-refractivity contribution in [3.8, 4) is 0 Å². The Hall–Kier alpha value is -2.88. The molecule has 0 aliphatic heterocycles. The molecule has 0 heterocycles. The Morgan fingerprint density at radius 3 is 1.81 bits per heavy atom. The van der Waals surface area contributed by atoms with Crippen molar-refractivity contribution in [1.82, 2.24) is 0 Å². The van der Waals surface area contributed by atoms with E-state index in [2.05, 4.69) is 4.74 Å². The fourth-order valence-electron chi connectivity index (χ4n) is 1.91. The van der Waals surface area contributed by atoms with E-state index in [4.69, 9.17) is 0 Å². The molecule has 0 amide bonds. The molecule has 0 aliphatic carbocycles. The molecule has 0 saturated heterocycles. The first-order valence-corrected chi connectivity index (χ1v) is 6.32. The Morgan fingerprint density at radius 2 is 1.33 bits per heavy atom. The van der Waals surface area contributed by atoms with E-state index < -0.39 is 17.5 Å². The summed E-state index contributed by atoms with van der Waals surface area (Å²) in [4.78, 5) is 24.2. The van der Waals surface area contributed by atoms with Crippen LogP contribution in [-0.4, -0.2) is 24.0 Å². The molecule has 0 radical (unpaired) electrons. The third-order valence-corrected chi connectivity index (χ3v) is 2.94. The molecular formula is C17H14O4. The van der Waals surface area contributed by atoms with Gasteiger partial charge in [-0.2, -0.15) is 0 Å². The highest BCUT2D eigenvalue weighted by molar-refractivity contribution is 6.32. The topological polar surface area (TPSA) is 63.6 Å². The van der Waals surface area contributed by atoms with Crippen molar-refractivity contribution in [3.63, 3.8) is 0 Å². The maximum Gasteiger partial charge on any atom is 0.373 e. The molecule has 0 aromatic heterocycles. The van der Waals surface area contributed by atoms with Gasteiger partial charge in [0.2, 0.25) is 5.76 Å². The highest BCUT2D eigenvalue weighted by Gasteiger charge is 2.23. The highest BCUT2D eigenvalue weighted by Crippen LogP contribution is 2.23. The molecule has 0 bridgehead atoms. The van der Waals surface area contributed by atoms with Crippen molar-refractivity contribution in [3.05, 3.63) is 77.5 Å². The molecule has 4 nitrogen and oxygen atoms in total. The maximum atomic E-state index is 12.6. The number of esters is 1. The second kappa shape index (κ2) is 6.52. The van der Waals surface area contributed by atoms with E-state index in [9.17, 15) is 14.7 Å². The number of hydrogen-bond donors (Lipinski definition) is 1. The Balaban J connectivity index is 2.58. The molecule has 2 aromatic rings. The second-order valence-electron chi connectivity index (χ2n) is 4.28. The van der Waals surface area contributed by atoms with Gasteiger partial charge in [-0.1, -0.05) is 60.7 Å². The molecule has 2 aromatic carbocycles. The quantitative estimate of drug-likeness (QED) is 0.405. The van der Waals surface area contributed by atoms with Gasteiger partial charge in [0.05, 0.1) is 12.7 Å². The van der Waals surface area contributed by atoms with Crippen molar-refractivity contribution >= 4 is 17.3 Å². The number of allylic oxidation sites excluding steroid dienone is 1.